The largest absolute Gasteiger partial charge is 0.419 e. The first-order valence-electron chi connectivity index (χ1n) is 9.34. The number of halogens is 12. The number of hydrogen-bond acceptors (Lipinski definition) is 1. The van der Waals surface area contributed by atoms with Crippen LogP contribution in [0.3, 0.4) is 0 Å². The van der Waals surface area contributed by atoms with Crippen LogP contribution in [-0.2, 0) is 24.7 Å². The van der Waals surface area contributed by atoms with Crippen LogP contribution in [0.4, 0.5) is 69.7 Å². The van der Waals surface area contributed by atoms with Crippen LogP contribution in [0.25, 0.3) is 0 Å². The maximum atomic E-state index is 14.1. The fourth-order valence-corrected chi connectivity index (χ4v) is 3.51. The first-order chi connectivity index (χ1) is 15.9. The minimum absolute atomic E-state index is 0.329. The van der Waals surface area contributed by atoms with Gasteiger partial charge in [0.2, 0.25) is 0 Å². The summed E-state index contributed by atoms with van der Waals surface area (Å²) in [6, 6.07) is 11.4. The lowest BCUT2D eigenvalue weighted by Crippen LogP contribution is -2.29. The number of benzene rings is 3. The van der Waals surface area contributed by atoms with E-state index in [4.69, 9.17) is 0 Å². The van der Waals surface area contributed by atoms with Gasteiger partial charge in [-0.2, -0.15) is 52.7 Å². The average molecular weight is 517 g/mol. The van der Waals surface area contributed by atoms with E-state index in [1.54, 1.807) is 0 Å². The van der Waals surface area contributed by atoms with Crippen molar-refractivity contribution in [3.05, 3.63) is 89.0 Å². The Bertz CT molecular complexity index is 1130. The van der Waals surface area contributed by atoms with Crippen LogP contribution in [0.1, 0.15) is 22.3 Å². The maximum Gasteiger partial charge on any atom is 0.419 e. The number of para-hydroxylation sites is 2. The number of hydrogen-bond donors (Lipinski definition) is 0. The second kappa shape index (κ2) is 8.68. The summed E-state index contributed by atoms with van der Waals surface area (Å²) in [5, 5.41) is 0. The molecule has 3 rings (SSSR count). The zero-order chi connectivity index (χ0) is 26.4. The molecule has 0 saturated heterocycles. The van der Waals surface area contributed by atoms with Gasteiger partial charge in [-0.15, -0.1) is 0 Å². The van der Waals surface area contributed by atoms with Gasteiger partial charge in [0.1, 0.15) is 0 Å². The quantitative estimate of drug-likeness (QED) is 0.313. The molecule has 0 atom stereocenters. The van der Waals surface area contributed by atoms with Crippen molar-refractivity contribution in [2.75, 3.05) is 4.90 Å². The Kier molecular flexibility index (Phi) is 6.51. The van der Waals surface area contributed by atoms with Gasteiger partial charge in [0, 0.05) is 11.4 Å². The maximum absolute atomic E-state index is 14.1. The Morgan fingerprint density at radius 3 is 1.11 bits per heavy atom. The van der Waals surface area contributed by atoms with Crippen molar-refractivity contribution >= 4 is 17.1 Å². The molecule has 0 heterocycles. The fraction of sp³-hybridized carbons (Fsp3) is 0.182. The van der Waals surface area contributed by atoms with Crippen LogP contribution < -0.4 is 4.90 Å². The molecule has 1 nitrogen and oxygen atoms in total. The standard InChI is InChI=1S/C22H11F12N/c23-19(24,25)14-11-15(35(12-7-3-1-4-8-12)13-9-5-2-6-10-13)17(21(29,30)31)18(22(32,33)34)16(14)20(26,27)28/h1-11H. The molecule has 0 amide bonds. The van der Waals surface area contributed by atoms with Crippen molar-refractivity contribution in [3.8, 4) is 0 Å². The molecule has 0 aliphatic heterocycles. The summed E-state index contributed by atoms with van der Waals surface area (Å²) in [7, 11) is 0. The normalized spacial score (nSPS) is 13.1. The van der Waals surface area contributed by atoms with Gasteiger partial charge in [-0.3, -0.25) is 0 Å². The molecule has 0 aromatic heterocycles. The third-order valence-electron chi connectivity index (χ3n) is 4.73. The van der Waals surface area contributed by atoms with Crippen LogP contribution in [0.2, 0.25) is 0 Å². The van der Waals surface area contributed by atoms with Crippen molar-refractivity contribution in [1.82, 2.24) is 0 Å². The molecule has 0 bridgehead atoms. The Labute approximate surface area is 189 Å². The summed E-state index contributed by atoms with van der Waals surface area (Å²) in [6.45, 7) is 0. The lowest BCUT2D eigenvalue weighted by molar-refractivity contribution is -0.182. The van der Waals surface area contributed by atoms with Crippen LogP contribution in [0.5, 0.6) is 0 Å². The molecule has 0 aliphatic rings. The Balaban J connectivity index is 2.64. The van der Waals surface area contributed by atoms with Crippen LogP contribution >= 0.6 is 0 Å². The smallest absolute Gasteiger partial charge is 0.310 e. The molecular formula is C22H11F12N. The van der Waals surface area contributed by atoms with Gasteiger partial charge in [0.25, 0.3) is 0 Å². The highest BCUT2D eigenvalue weighted by Gasteiger charge is 2.56. The van der Waals surface area contributed by atoms with E-state index >= 15 is 0 Å². The summed E-state index contributed by atoms with van der Waals surface area (Å²) in [4.78, 5) is 0.382. The molecule has 0 fully saturated rings. The van der Waals surface area contributed by atoms with E-state index in [1.165, 1.54) is 36.4 Å². The predicted molar refractivity (Wildman–Crippen MR) is 101 cm³/mol. The summed E-state index contributed by atoms with van der Waals surface area (Å²) in [5.41, 5.74) is -15.2. The lowest BCUT2D eigenvalue weighted by atomic mass is 9.91. The zero-order valence-electron chi connectivity index (χ0n) is 16.8. The molecule has 0 N–H and O–H groups in total. The highest BCUT2D eigenvalue weighted by atomic mass is 19.4. The monoisotopic (exact) mass is 517 g/mol. The Morgan fingerprint density at radius 2 is 0.800 bits per heavy atom. The van der Waals surface area contributed by atoms with Crippen LogP contribution in [0, 0.1) is 0 Å². The minimum Gasteiger partial charge on any atom is -0.310 e. The highest BCUT2D eigenvalue weighted by molar-refractivity contribution is 5.81. The van der Waals surface area contributed by atoms with Crippen molar-refractivity contribution in [2.24, 2.45) is 0 Å². The number of rotatable bonds is 3. The topological polar surface area (TPSA) is 3.24 Å². The Morgan fingerprint density at radius 1 is 0.429 bits per heavy atom. The third-order valence-corrected chi connectivity index (χ3v) is 4.73. The minimum atomic E-state index is -6.45. The summed E-state index contributed by atoms with van der Waals surface area (Å²) in [6.07, 6.45) is -25.1. The molecule has 0 radical (unpaired) electrons. The number of anilines is 3. The van der Waals surface area contributed by atoms with E-state index < -0.39 is 58.7 Å². The molecule has 13 heteroatoms. The second-order valence-electron chi connectivity index (χ2n) is 7.07. The molecule has 3 aromatic rings. The first-order valence-corrected chi connectivity index (χ1v) is 9.34. The molecule has 3 aromatic carbocycles. The zero-order valence-corrected chi connectivity index (χ0v) is 16.8. The highest BCUT2D eigenvalue weighted by Crippen LogP contribution is 2.55. The van der Waals surface area contributed by atoms with Crippen molar-refractivity contribution < 1.29 is 52.7 Å². The molecule has 188 valence electrons. The SMILES string of the molecule is FC(F)(F)c1cc(N(c2ccccc2)c2ccccc2)c(C(F)(F)F)c(C(F)(F)F)c1C(F)(F)F. The molecular weight excluding hydrogens is 506 g/mol. The summed E-state index contributed by atoms with van der Waals surface area (Å²) < 4.78 is 165. The summed E-state index contributed by atoms with van der Waals surface area (Å²) >= 11 is 0. The lowest BCUT2D eigenvalue weighted by Gasteiger charge is -2.32. The van der Waals surface area contributed by atoms with Gasteiger partial charge in [-0.25, -0.2) is 0 Å². The average Bonchev–Trinajstić information content (AvgIpc) is 2.72. The van der Waals surface area contributed by atoms with Gasteiger partial charge in [0.05, 0.1) is 27.9 Å². The number of alkyl halides is 12. The third kappa shape index (κ3) is 5.33. The molecule has 0 unspecified atom stereocenters. The molecule has 35 heavy (non-hydrogen) atoms. The van der Waals surface area contributed by atoms with E-state index in [9.17, 15) is 52.7 Å². The van der Waals surface area contributed by atoms with Gasteiger partial charge in [-0.1, -0.05) is 36.4 Å². The van der Waals surface area contributed by atoms with Gasteiger partial charge < -0.3 is 4.90 Å². The fourth-order valence-electron chi connectivity index (χ4n) is 3.51. The van der Waals surface area contributed by atoms with E-state index in [0.717, 1.165) is 24.3 Å². The Hall–Kier alpha value is -3.38. The predicted octanol–water partition coefficient (Wildman–Crippen LogP) is 9.23. The van der Waals surface area contributed by atoms with Gasteiger partial charge in [0.15, 0.2) is 0 Å². The van der Waals surface area contributed by atoms with Crippen LogP contribution in [-0.4, -0.2) is 0 Å². The van der Waals surface area contributed by atoms with E-state index in [0.29, 0.717) is 4.90 Å². The van der Waals surface area contributed by atoms with Crippen LogP contribution in [0.15, 0.2) is 66.7 Å². The first kappa shape index (κ1) is 26.2. The second-order valence-corrected chi connectivity index (χ2v) is 7.07. The number of nitrogens with zero attached hydrogens (tertiary/aromatic N) is 1. The molecule has 0 spiro atoms. The summed E-state index contributed by atoms with van der Waals surface area (Å²) in [5.74, 6) is 0. The van der Waals surface area contributed by atoms with Crippen molar-refractivity contribution in [2.45, 2.75) is 24.7 Å². The van der Waals surface area contributed by atoms with E-state index in [1.807, 2.05) is 0 Å². The molecule has 0 aliphatic carbocycles. The van der Waals surface area contributed by atoms with E-state index in [2.05, 4.69) is 0 Å². The van der Waals surface area contributed by atoms with Gasteiger partial charge in [-0.05, 0) is 30.3 Å². The van der Waals surface area contributed by atoms with E-state index in [-0.39, 0.29) is 11.4 Å². The molecule has 0 saturated carbocycles. The van der Waals surface area contributed by atoms with Crippen molar-refractivity contribution in [1.29, 1.82) is 0 Å². The van der Waals surface area contributed by atoms with Gasteiger partial charge >= 0.3 is 24.7 Å². The van der Waals surface area contributed by atoms with Crippen molar-refractivity contribution in [3.63, 3.8) is 0 Å².